The monoisotopic (exact) mass is 460 g/mol. The molecule has 2 aromatic heterocycles. The fraction of sp³-hybridized carbons (Fsp3) is 0.536. The molecule has 0 unspecified atom stereocenters. The molecule has 5 rings (SSSR count). The molecule has 0 saturated heterocycles. The van der Waals surface area contributed by atoms with Crippen molar-refractivity contribution in [2.45, 2.75) is 83.8 Å². The summed E-state index contributed by atoms with van der Waals surface area (Å²) in [6.45, 7) is 8.11. The first-order valence-corrected chi connectivity index (χ1v) is 12.7. The number of aromatic nitrogens is 3. The Kier molecular flexibility index (Phi) is 5.96. The van der Waals surface area contributed by atoms with Crippen molar-refractivity contribution < 1.29 is 9.90 Å². The lowest BCUT2D eigenvalue weighted by molar-refractivity contribution is 0.0793. The third kappa shape index (κ3) is 4.74. The Morgan fingerprint density at radius 2 is 1.85 bits per heavy atom. The highest BCUT2D eigenvalue weighted by atomic mass is 16.3. The summed E-state index contributed by atoms with van der Waals surface area (Å²) in [5.41, 5.74) is 2.37. The Morgan fingerprint density at radius 1 is 1.12 bits per heavy atom. The van der Waals surface area contributed by atoms with Gasteiger partial charge in [-0.2, -0.15) is 5.10 Å². The van der Waals surface area contributed by atoms with Gasteiger partial charge in [0.05, 0.1) is 17.2 Å². The largest absolute Gasteiger partial charge is 0.386 e. The molecule has 2 saturated carbocycles. The summed E-state index contributed by atoms with van der Waals surface area (Å²) in [5, 5.41) is 19.7. The Balaban J connectivity index is 1.43. The van der Waals surface area contributed by atoms with Gasteiger partial charge < -0.3 is 10.4 Å². The van der Waals surface area contributed by atoms with E-state index in [4.69, 9.17) is 5.10 Å². The first-order valence-electron chi connectivity index (χ1n) is 12.7. The Morgan fingerprint density at radius 3 is 2.50 bits per heavy atom. The highest BCUT2D eigenvalue weighted by molar-refractivity contribution is 6.04. The molecule has 2 aliphatic rings. The van der Waals surface area contributed by atoms with Crippen molar-refractivity contribution in [1.82, 2.24) is 14.8 Å². The second-order valence-corrected chi connectivity index (χ2v) is 11.1. The molecular weight excluding hydrogens is 424 g/mol. The highest BCUT2D eigenvalue weighted by Gasteiger charge is 2.28. The van der Waals surface area contributed by atoms with Gasteiger partial charge in [-0.25, -0.2) is 4.98 Å². The maximum absolute atomic E-state index is 13.1. The fourth-order valence-electron chi connectivity index (χ4n) is 5.29. The summed E-state index contributed by atoms with van der Waals surface area (Å²) in [6.07, 6.45) is 9.12. The molecule has 0 aliphatic heterocycles. The van der Waals surface area contributed by atoms with E-state index in [2.05, 4.69) is 35.0 Å². The number of hydrogen-bond donors (Lipinski definition) is 2. The minimum atomic E-state index is -1.13. The van der Waals surface area contributed by atoms with Crippen LogP contribution in [0, 0.1) is 11.8 Å². The normalized spacial score (nSPS) is 21.2. The Bertz CT molecular complexity index is 1190. The van der Waals surface area contributed by atoms with Crippen molar-refractivity contribution in [2.24, 2.45) is 11.8 Å². The number of aliphatic hydroxyl groups is 1. The van der Waals surface area contributed by atoms with Crippen molar-refractivity contribution in [2.75, 3.05) is 5.32 Å². The van der Waals surface area contributed by atoms with Crippen LogP contribution in [0.4, 0.5) is 5.69 Å². The van der Waals surface area contributed by atoms with Crippen LogP contribution in [0.25, 0.3) is 10.9 Å². The van der Waals surface area contributed by atoms with Gasteiger partial charge >= 0.3 is 0 Å². The van der Waals surface area contributed by atoms with Crippen LogP contribution >= 0.6 is 0 Å². The van der Waals surface area contributed by atoms with Crippen molar-refractivity contribution >= 4 is 22.5 Å². The molecule has 0 radical (unpaired) electrons. The second-order valence-electron chi connectivity index (χ2n) is 11.1. The van der Waals surface area contributed by atoms with Crippen molar-refractivity contribution in [3.8, 4) is 0 Å². The van der Waals surface area contributed by atoms with E-state index in [0.717, 1.165) is 54.1 Å². The molecule has 2 N–H and O–H groups in total. The van der Waals surface area contributed by atoms with Gasteiger partial charge in [-0.05, 0) is 88.5 Å². The molecule has 1 aromatic carbocycles. The Hall–Kier alpha value is -2.73. The maximum atomic E-state index is 13.1. The average molecular weight is 461 g/mol. The number of benzene rings is 1. The summed E-state index contributed by atoms with van der Waals surface area (Å²) in [6, 6.07) is 9.89. The SMILES string of the molecule is CC(C)C1CCC(n2cc3cc(NC(=O)c4cccc(C5CC5)n4)c(C(C)(C)O)cc3n2)CC1. The first-order chi connectivity index (χ1) is 16.2. The predicted molar refractivity (Wildman–Crippen MR) is 135 cm³/mol. The lowest BCUT2D eigenvalue weighted by Gasteiger charge is -2.30. The van der Waals surface area contributed by atoms with Crippen LogP contribution < -0.4 is 5.32 Å². The van der Waals surface area contributed by atoms with E-state index in [0.29, 0.717) is 28.9 Å². The van der Waals surface area contributed by atoms with E-state index < -0.39 is 5.60 Å². The summed E-state index contributed by atoms with van der Waals surface area (Å²) in [5.74, 6) is 1.76. The zero-order valence-corrected chi connectivity index (χ0v) is 20.7. The number of carbonyl (C=O) groups is 1. The smallest absolute Gasteiger partial charge is 0.274 e. The van der Waals surface area contributed by atoms with Gasteiger partial charge in [0.15, 0.2) is 0 Å². The molecule has 0 spiro atoms. The quantitative estimate of drug-likeness (QED) is 0.461. The summed E-state index contributed by atoms with van der Waals surface area (Å²) < 4.78 is 2.10. The molecule has 1 amide bonds. The third-order valence-electron chi connectivity index (χ3n) is 7.63. The summed E-state index contributed by atoms with van der Waals surface area (Å²) >= 11 is 0. The number of nitrogens with zero attached hydrogens (tertiary/aromatic N) is 3. The lowest BCUT2D eigenvalue weighted by atomic mass is 9.80. The highest BCUT2D eigenvalue weighted by Crippen LogP contribution is 2.39. The van der Waals surface area contributed by atoms with Gasteiger partial charge in [0.1, 0.15) is 5.69 Å². The van der Waals surface area contributed by atoms with Crippen LogP contribution in [-0.4, -0.2) is 25.8 Å². The molecule has 0 bridgehead atoms. The molecule has 3 aromatic rings. The van der Waals surface area contributed by atoms with Crippen LogP contribution in [0.15, 0.2) is 36.5 Å². The van der Waals surface area contributed by atoms with Gasteiger partial charge in [-0.15, -0.1) is 0 Å². The molecule has 180 valence electrons. The van der Waals surface area contributed by atoms with Gasteiger partial charge in [0, 0.05) is 34.4 Å². The minimum Gasteiger partial charge on any atom is -0.386 e. The molecule has 34 heavy (non-hydrogen) atoms. The van der Waals surface area contributed by atoms with Crippen molar-refractivity contribution in [3.63, 3.8) is 0 Å². The summed E-state index contributed by atoms with van der Waals surface area (Å²) in [7, 11) is 0. The second kappa shape index (κ2) is 8.81. The van der Waals surface area contributed by atoms with E-state index in [1.54, 1.807) is 19.9 Å². The Labute approximate surface area is 201 Å². The first kappa shape index (κ1) is 23.0. The standard InChI is InChI=1S/C28H36N4O2/c1-17(2)18-10-12-21(13-11-18)32-16-20-14-26(22(28(3,4)34)15-25(20)31-32)30-27(33)24-7-5-6-23(29-24)19-8-9-19/h5-7,14-19,21,34H,8-13H2,1-4H3,(H,30,33). The van der Waals surface area contributed by atoms with Crippen LogP contribution in [0.2, 0.25) is 0 Å². The van der Waals surface area contributed by atoms with Crippen LogP contribution in [0.3, 0.4) is 0 Å². The zero-order chi connectivity index (χ0) is 24.0. The van der Waals surface area contributed by atoms with Crippen LogP contribution in [0.1, 0.15) is 99.9 Å². The number of rotatable bonds is 6. The van der Waals surface area contributed by atoms with E-state index in [1.165, 1.54) is 12.8 Å². The van der Waals surface area contributed by atoms with Gasteiger partial charge in [0.25, 0.3) is 5.91 Å². The number of carbonyl (C=O) groups excluding carboxylic acids is 1. The van der Waals surface area contributed by atoms with E-state index >= 15 is 0 Å². The lowest BCUT2D eigenvalue weighted by Crippen LogP contribution is -2.21. The molecule has 2 aliphatic carbocycles. The van der Waals surface area contributed by atoms with Gasteiger partial charge in [-0.1, -0.05) is 19.9 Å². The average Bonchev–Trinajstić information content (AvgIpc) is 3.57. The number of anilines is 1. The van der Waals surface area contributed by atoms with E-state index in [-0.39, 0.29) is 5.91 Å². The number of amides is 1. The number of hydrogen-bond acceptors (Lipinski definition) is 4. The maximum Gasteiger partial charge on any atom is 0.274 e. The van der Waals surface area contributed by atoms with Crippen LogP contribution in [0.5, 0.6) is 0 Å². The number of pyridine rings is 1. The molecule has 0 atom stereocenters. The molecule has 2 fully saturated rings. The van der Waals surface area contributed by atoms with Crippen molar-refractivity contribution in [1.29, 1.82) is 0 Å². The summed E-state index contributed by atoms with van der Waals surface area (Å²) in [4.78, 5) is 17.7. The topological polar surface area (TPSA) is 80.0 Å². The zero-order valence-electron chi connectivity index (χ0n) is 20.7. The van der Waals surface area contributed by atoms with Crippen LogP contribution in [-0.2, 0) is 5.60 Å². The molecular formula is C28H36N4O2. The predicted octanol–water partition coefficient (Wildman–Crippen LogP) is 6.18. The van der Waals surface area contributed by atoms with Gasteiger partial charge in [-0.3, -0.25) is 9.48 Å². The van der Waals surface area contributed by atoms with Gasteiger partial charge in [0.2, 0.25) is 0 Å². The molecule has 6 nitrogen and oxygen atoms in total. The van der Waals surface area contributed by atoms with E-state index in [9.17, 15) is 9.90 Å². The third-order valence-corrected chi connectivity index (χ3v) is 7.63. The number of nitrogens with one attached hydrogen (secondary N) is 1. The molecule has 2 heterocycles. The molecule has 6 heteroatoms. The van der Waals surface area contributed by atoms with Crippen molar-refractivity contribution in [3.05, 3.63) is 53.5 Å². The van der Waals surface area contributed by atoms with E-state index in [1.807, 2.05) is 24.3 Å². The minimum absolute atomic E-state index is 0.258. The fourth-order valence-corrected chi connectivity index (χ4v) is 5.29. The number of fused-ring (bicyclic) bond motifs is 1.